The van der Waals surface area contributed by atoms with Crippen LogP contribution in [0, 0.1) is 17.1 Å². The number of hydrogen-bond acceptors (Lipinski definition) is 4. The molecular formula is C27H21ClFN3O2S. The molecule has 5 nitrogen and oxygen atoms in total. The summed E-state index contributed by atoms with van der Waals surface area (Å²) in [7, 11) is 0. The fraction of sp³-hybridized carbons (Fsp3) is 0.148. The minimum atomic E-state index is -0.559. The molecular weight excluding hydrogens is 485 g/mol. The van der Waals surface area contributed by atoms with Crippen LogP contribution < -0.4 is 10.2 Å². The third kappa shape index (κ3) is 5.91. The summed E-state index contributed by atoms with van der Waals surface area (Å²) in [5, 5.41) is 12.9. The highest BCUT2D eigenvalue weighted by Crippen LogP contribution is 2.42. The topological polar surface area (TPSA) is 73.2 Å². The highest BCUT2D eigenvalue weighted by Gasteiger charge is 2.40. The Morgan fingerprint density at radius 2 is 1.71 bits per heavy atom. The summed E-state index contributed by atoms with van der Waals surface area (Å²) < 4.78 is 13.5. The van der Waals surface area contributed by atoms with E-state index in [1.807, 2.05) is 48.5 Å². The standard InChI is InChI=1S/C27H21ClFN3O2S/c28-20-8-6-19(7-9-20)16-24-26(34)32(22-12-10-21(29)11-13-22)27(35-24)23(17-30)25(33)31-15-14-18-4-2-1-3-5-18/h1-13,24H,14-16H2,(H,31,33)/b27-23-. The Bertz CT molecular complexity index is 1290. The molecule has 0 spiro atoms. The Hall–Kier alpha value is -3.60. The Balaban J connectivity index is 1.61. The van der Waals surface area contributed by atoms with Crippen molar-refractivity contribution in [3.05, 3.63) is 111 Å². The second kappa shape index (κ2) is 11.2. The van der Waals surface area contributed by atoms with Crippen LogP contribution in [0.2, 0.25) is 5.02 Å². The molecule has 2 amide bonds. The minimum Gasteiger partial charge on any atom is -0.351 e. The van der Waals surface area contributed by atoms with E-state index in [-0.39, 0.29) is 16.5 Å². The summed E-state index contributed by atoms with van der Waals surface area (Å²) in [6.45, 7) is 0.338. The molecule has 1 saturated heterocycles. The van der Waals surface area contributed by atoms with Crippen molar-refractivity contribution in [1.82, 2.24) is 5.32 Å². The largest absolute Gasteiger partial charge is 0.351 e. The molecule has 3 aromatic carbocycles. The van der Waals surface area contributed by atoms with Gasteiger partial charge in [-0.25, -0.2) is 4.39 Å². The molecule has 1 N–H and O–H groups in total. The number of nitriles is 1. The van der Waals surface area contributed by atoms with E-state index in [0.29, 0.717) is 30.1 Å². The van der Waals surface area contributed by atoms with Crippen LogP contribution >= 0.6 is 23.4 Å². The molecule has 35 heavy (non-hydrogen) atoms. The van der Waals surface area contributed by atoms with Gasteiger partial charge in [-0.15, -0.1) is 0 Å². The number of carbonyl (C=O) groups is 2. The molecule has 3 aromatic rings. The van der Waals surface area contributed by atoms with Crippen LogP contribution in [0.25, 0.3) is 0 Å². The summed E-state index contributed by atoms with van der Waals surface area (Å²) in [4.78, 5) is 27.7. The lowest BCUT2D eigenvalue weighted by atomic mass is 10.1. The molecule has 176 valence electrons. The van der Waals surface area contributed by atoms with Gasteiger partial charge in [0.15, 0.2) is 0 Å². The van der Waals surface area contributed by atoms with Crippen LogP contribution in [0.4, 0.5) is 10.1 Å². The third-order valence-electron chi connectivity index (χ3n) is 5.47. The number of rotatable bonds is 7. The molecule has 8 heteroatoms. The minimum absolute atomic E-state index is 0.153. The Kier molecular flexibility index (Phi) is 7.86. The predicted octanol–water partition coefficient (Wildman–Crippen LogP) is 5.26. The third-order valence-corrected chi connectivity index (χ3v) is 6.98. The van der Waals surface area contributed by atoms with Gasteiger partial charge in [-0.2, -0.15) is 5.26 Å². The molecule has 1 aliphatic rings. The van der Waals surface area contributed by atoms with E-state index in [0.717, 1.165) is 22.9 Å². The van der Waals surface area contributed by atoms with Gasteiger partial charge in [-0.1, -0.05) is 65.8 Å². The number of nitrogens with zero attached hydrogens (tertiary/aromatic N) is 2. The van der Waals surface area contributed by atoms with E-state index in [1.54, 1.807) is 12.1 Å². The average Bonchev–Trinajstić information content (AvgIpc) is 3.17. The fourth-order valence-corrected chi connectivity index (χ4v) is 5.13. The normalized spacial score (nSPS) is 16.7. The van der Waals surface area contributed by atoms with Crippen molar-refractivity contribution in [3.63, 3.8) is 0 Å². The lowest BCUT2D eigenvalue weighted by Gasteiger charge is -2.18. The molecule has 0 saturated carbocycles. The van der Waals surface area contributed by atoms with Crippen LogP contribution in [0.5, 0.6) is 0 Å². The number of anilines is 1. The monoisotopic (exact) mass is 505 g/mol. The molecule has 0 radical (unpaired) electrons. The first-order valence-electron chi connectivity index (χ1n) is 10.9. The summed E-state index contributed by atoms with van der Waals surface area (Å²) in [5.74, 6) is -1.29. The lowest BCUT2D eigenvalue weighted by molar-refractivity contribution is -0.117. The van der Waals surface area contributed by atoms with E-state index in [1.165, 1.54) is 29.2 Å². The zero-order chi connectivity index (χ0) is 24.8. The van der Waals surface area contributed by atoms with Crippen LogP contribution in [0.3, 0.4) is 0 Å². The molecule has 1 fully saturated rings. The second-order valence-corrected chi connectivity index (χ2v) is 9.50. The van der Waals surface area contributed by atoms with Crippen molar-refractivity contribution in [1.29, 1.82) is 5.26 Å². The quantitative estimate of drug-likeness (QED) is 0.351. The number of halogens is 2. The molecule has 1 atom stereocenters. The lowest BCUT2D eigenvalue weighted by Crippen LogP contribution is -2.32. The van der Waals surface area contributed by atoms with Gasteiger partial charge in [0, 0.05) is 17.3 Å². The number of nitrogens with one attached hydrogen (secondary N) is 1. The zero-order valence-corrected chi connectivity index (χ0v) is 20.2. The van der Waals surface area contributed by atoms with Crippen molar-refractivity contribution in [3.8, 4) is 6.07 Å². The first-order chi connectivity index (χ1) is 17.0. The second-order valence-electron chi connectivity index (χ2n) is 7.87. The van der Waals surface area contributed by atoms with Gasteiger partial charge in [0.2, 0.25) is 5.91 Å². The van der Waals surface area contributed by atoms with Gasteiger partial charge in [0.25, 0.3) is 5.91 Å². The Morgan fingerprint density at radius 3 is 2.37 bits per heavy atom. The van der Waals surface area contributed by atoms with Crippen molar-refractivity contribution in [2.24, 2.45) is 0 Å². The number of carbonyl (C=O) groups excluding carboxylic acids is 2. The van der Waals surface area contributed by atoms with E-state index in [4.69, 9.17) is 11.6 Å². The smallest absolute Gasteiger partial charge is 0.264 e. The number of hydrogen-bond donors (Lipinski definition) is 1. The average molecular weight is 506 g/mol. The predicted molar refractivity (Wildman–Crippen MR) is 136 cm³/mol. The van der Waals surface area contributed by atoms with Crippen molar-refractivity contribution < 1.29 is 14.0 Å². The first kappa shape index (κ1) is 24.5. The van der Waals surface area contributed by atoms with E-state index >= 15 is 0 Å². The number of amides is 2. The van der Waals surface area contributed by atoms with Crippen LogP contribution in [0.15, 0.2) is 89.5 Å². The molecule has 1 unspecified atom stereocenters. The summed E-state index contributed by atoms with van der Waals surface area (Å²) in [6.07, 6.45) is 0.990. The molecule has 1 aliphatic heterocycles. The van der Waals surface area contributed by atoms with E-state index < -0.39 is 17.0 Å². The van der Waals surface area contributed by atoms with Crippen molar-refractivity contribution in [2.45, 2.75) is 18.1 Å². The Morgan fingerprint density at radius 1 is 1.03 bits per heavy atom. The maximum atomic E-state index is 13.5. The highest BCUT2D eigenvalue weighted by atomic mass is 35.5. The van der Waals surface area contributed by atoms with Crippen molar-refractivity contribution in [2.75, 3.05) is 11.4 Å². The van der Waals surface area contributed by atoms with Gasteiger partial charge in [0.1, 0.15) is 22.5 Å². The van der Waals surface area contributed by atoms with Crippen LogP contribution in [-0.2, 0) is 22.4 Å². The van der Waals surface area contributed by atoms with Gasteiger partial charge >= 0.3 is 0 Å². The fourth-order valence-electron chi connectivity index (χ4n) is 3.70. The first-order valence-corrected chi connectivity index (χ1v) is 12.2. The molecule has 0 bridgehead atoms. The number of benzene rings is 3. The van der Waals surface area contributed by atoms with Gasteiger partial charge < -0.3 is 5.32 Å². The molecule has 0 aliphatic carbocycles. The van der Waals surface area contributed by atoms with Crippen LogP contribution in [0.1, 0.15) is 11.1 Å². The molecule has 1 heterocycles. The number of thioether (sulfide) groups is 1. The SMILES string of the molecule is N#C/C(C(=O)NCCc1ccccc1)=C1/SC(Cc2ccc(Cl)cc2)C(=O)N1c1ccc(F)cc1. The summed E-state index contributed by atoms with van der Waals surface area (Å²) >= 11 is 7.13. The van der Waals surface area contributed by atoms with Gasteiger partial charge in [0.05, 0.1) is 5.25 Å². The maximum Gasteiger partial charge on any atom is 0.264 e. The highest BCUT2D eigenvalue weighted by molar-refractivity contribution is 8.05. The Labute approximate surface area is 212 Å². The maximum absolute atomic E-state index is 13.5. The van der Waals surface area contributed by atoms with Crippen LogP contribution in [-0.4, -0.2) is 23.6 Å². The van der Waals surface area contributed by atoms with Gasteiger partial charge in [-0.05, 0) is 60.4 Å². The van der Waals surface area contributed by atoms with E-state index in [2.05, 4.69) is 5.32 Å². The van der Waals surface area contributed by atoms with Crippen molar-refractivity contribution >= 4 is 40.9 Å². The summed E-state index contributed by atoms with van der Waals surface area (Å²) in [5.41, 5.74) is 2.19. The van der Waals surface area contributed by atoms with Gasteiger partial charge in [-0.3, -0.25) is 14.5 Å². The summed E-state index contributed by atoms with van der Waals surface area (Å²) in [6, 6.07) is 24.2. The molecule has 4 rings (SSSR count). The zero-order valence-electron chi connectivity index (χ0n) is 18.6. The van der Waals surface area contributed by atoms with E-state index in [9.17, 15) is 19.2 Å². The molecule has 0 aromatic heterocycles.